The van der Waals surface area contributed by atoms with Crippen molar-refractivity contribution < 1.29 is 24.2 Å². The first kappa shape index (κ1) is 15.5. The molecule has 1 amide bonds. The van der Waals surface area contributed by atoms with Gasteiger partial charge in [-0.25, -0.2) is 4.79 Å². The van der Waals surface area contributed by atoms with Gasteiger partial charge in [0.15, 0.2) is 6.04 Å². The molecule has 6 heteroatoms. The van der Waals surface area contributed by atoms with Gasteiger partial charge in [-0.05, 0) is 12.5 Å². The second-order valence-corrected chi connectivity index (χ2v) is 4.90. The summed E-state index contributed by atoms with van der Waals surface area (Å²) in [7, 11) is 0. The van der Waals surface area contributed by atoms with Crippen molar-refractivity contribution >= 4 is 11.9 Å². The van der Waals surface area contributed by atoms with Gasteiger partial charge in [0.25, 0.3) is 5.91 Å². The Morgan fingerprint density at radius 3 is 2.81 bits per heavy atom. The Balaban J connectivity index is 1.93. The molecular formula is C15H19NO5. The van der Waals surface area contributed by atoms with Gasteiger partial charge >= 0.3 is 5.97 Å². The topological polar surface area (TPSA) is 76.1 Å². The zero-order valence-electron chi connectivity index (χ0n) is 11.9. The van der Waals surface area contributed by atoms with Gasteiger partial charge in [0, 0.05) is 6.54 Å². The Bertz CT molecular complexity index is 490. The van der Waals surface area contributed by atoms with Crippen molar-refractivity contribution in [2.45, 2.75) is 25.7 Å². The number of benzene rings is 1. The van der Waals surface area contributed by atoms with E-state index in [4.69, 9.17) is 14.6 Å². The first-order valence-electron chi connectivity index (χ1n) is 6.86. The van der Waals surface area contributed by atoms with E-state index in [2.05, 4.69) is 0 Å². The average Bonchev–Trinajstić information content (AvgIpc) is 2.52. The van der Waals surface area contributed by atoms with Crippen LogP contribution in [0.15, 0.2) is 30.3 Å². The van der Waals surface area contributed by atoms with Crippen LogP contribution in [0.1, 0.15) is 12.5 Å². The number of carbonyl (C=O) groups is 2. The van der Waals surface area contributed by atoms with E-state index in [9.17, 15) is 9.59 Å². The molecular weight excluding hydrogens is 274 g/mol. The van der Waals surface area contributed by atoms with Crippen molar-refractivity contribution in [3.8, 4) is 0 Å². The number of carboxylic acids is 1. The molecule has 0 radical (unpaired) electrons. The third-order valence-corrected chi connectivity index (χ3v) is 3.39. The summed E-state index contributed by atoms with van der Waals surface area (Å²) in [5.74, 6) is -1.38. The molecule has 1 aromatic rings. The third-order valence-electron chi connectivity index (χ3n) is 3.39. The molecule has 1 aliphatic rings. The second-order valence-electron chi connectivity index (χ2n) is 4.90. The average molecular weight is 293 g/mol. The lowest BCUT2D eigenvalue weighted by Gasteiger charge is -2.34. The molecule has 114 valence electrons. The van der Waals surface area contributed by atoms with E-state index in [-0.39, 0.29) is 19.1 Å². The van der Waals surface area contributed by atoms with Gasteiger partial charge in [-0.2, -0.15) is 0 Å². The monoisotopic (exact) mass is 293 g/mol. The van der Waals surface area contributed by atoms with Crippen molar-refractivity contribution in [2.75, 3.05) is 19.8 Å². The Hall–Kier alpha value is -1.92. The molecule has 1 N–H and O–H groups in total. The number of rotatable bonds is 5. The van der Waals surface area contributed by atoms with Crippen molar-refractivity contribution in [1.82, 2.24) is 4.90 Å². The fraction of sp³-hybridized carbons (Fsp3) is 0.467. The van der Waals surface area contributed by atoms with Crippen LogP contribution in [0.25, 0.3) is 0 Å². The van der Waals surface area contributed by atoms with Gasteiger partial charge < -0.3 is 19.5 Å². The Kier molecular flexibility index (Phi) is 5.30. The predicted octanol–water partition coefficient (Wildman–Crippen LogP) is 0.904. The minimum Gasteiger partial charge on any atom is -0.480 e. The summed E-state index contributed by atoms with van der Waals surface area (Å²) in [5.41, 5.74) is 0.967. The predicted molar refractivity (Wildman–Crippen MR) is 74.6 cm³/mol. The van der Waals surface area contributed by atoms with Gasteiger partial charge in [-0.15, -0.1) is 0 Å². The number of amides is 1. The Labute approximate surface area is 123 Å². The maximum Gasteiger partial charge on any atom is 0.328 e. The molecule has 1 aliphatic heterocycles. The summed E-state index contributed by atoms with van der Waals surface area (Å²) < 4.78 is 10.7. The van der Waals surface area contributed by atoms with E-state index in [1.807, 2.05) is 30.3 Å². The van der Waals surface area contributed by atoms with Crippen molar-refractivity contribution in [3.05, 3.63) is 35.9 Å². The van der Waals surface area contributed by atoms with Crippen molar-refractivity contribution in [2.24, 2.45) is 0 Å². The molecule has 1 fully saturated rings. The van der Waals surface area contributed by atoms with E-state index < -0.39 is 18.1 Å². The number of ether oxygens (including phenoxy) is 2. The molecule has 1 aromatic carbocycles. The molecule has 21 heavy (non-hydrogen) atoms. The van der Waals surface area contributed by atoms with Gasteiger partial charge in [0.1, 0.15) is 6.10 Å². The van der Waals surface area contributed by atoms with Crippen LogP contribution in [0.3, 0.4) is 0 Å². The molecule has 0 aromatic heterocycles. The van der Waals surface area contributed by atoms with Crippen LogP contribution in [-0.4, -0.2) is 53.8 Å². The van der Waals surface area contributed by atoms with Crippen molar-refractivity contribution in [3.63, 3.8) is 0 Å². The lowest BCUT2D eigenvalue weighted by Crippen LogP contribution is -2.55. The van der Waals surface area contributed by atoms with Gasteiger partial charge in [-0.3, -0.25) is 4.79 Å². The summed E-state index contributed by atoms with van der Waals surface area (Å²) in [6.45, 7) is 2.59. The molecule has 0 saturated carbocycles. The smallest absolute Gasteiger partial charge is 0.328 e. The Morgan fingerprint density at radius 2 is 2.14 bits per heavy atom. The fourth-order valence-corrected chi connectivity index (χ4v) is 2.17. The molecule has 1 saturated heterocycles. The lowest BCUT2D eigenvalue weighted by atomic mass is 10.2. The standard InChI is InChI=1S/C15H19NO5/c1-11(21-9-12-5-3-2-4-6-12)14(17)16-7-8-20-10-13(16)15(18)19/h2-6,11,13H,7-10H2,1H3,(H,18,19)/t11-,13-/m1/s1. The van der Waals surface area contributed by atoms with Gasteiger partial charge in [0.05, 0.1) is 19.8 Å². The molecule has 0 spiro atoms. The maximum atomic E-state index is 12.3. The van der Waals surface area contributed by atoms with E-state index in [0.29, 0.717) is 13.2 Å². The summed E-state index contributed by atoms with van der Waals surface area (Å²) in [4.78, 5) is 24.8. The number of carboxylic acid groups (broad SMARTS) is 1. The Morgan fingerprint density at radius 1 is 1.43 bits per heavy atom. The van der Waals surface area contributed by atoms with E-state index in [0.717, 1.165) is 5.56 Å². The van der Waals surface area contributed by atoms with E-state index in [1.54, 1.807) is 6.92 Å². The number of hydrogen-bond donors (Lipinski definition) is 1. The van der Waals surface area contributed by atoms with Crippen LogP contribution in [0.5, 0.6) is 0 Å². The highest BCUT2D eigenvalue weighted by Gasteiger charge is 2.35. The van der Waals surface area contributed by atoms with Crippen LogP contribution >= 0.6 is 0 Å². The zero-order chi connectivity index (χ0) is 15.2. The number of hydrogen-bond acceptors (Lipinski definition) is 4. The summed E-state index contributed by atoms with van der Waals surface area (Å²) in [5, 5.41) is 9.13. The van der Waals surface area contributed by atoms with Crippen LogP contribution in [0.2, 0.25) is 0 Å². The number of carbonyl (C=O) groups excluding carboxylic acids is 1. The molecule has 0 aliphatic carbocycles. The van der Waals surface area contributed by atoms with Crippen molar-refractivity contribution in [1.29, 1.82) is 0 Å². The molecule has 0 bridgehead atoms. The lowest BCUT2D eigenvalue weighted by molar-refractivity contribution is -0.164. The SMILES string of the molecule is C[C@@H](OCc1ccccc1)C(=O)N1CCOC[C@@H]1C(=O)O. The molecule has 1 heterocycles. The van der Waals surface area contributed by atoms with Crippen LogP contribution in [-0.2, 0) is 25.7 Å². The van der Waals surface area contributed by atoms with Crippen LogP contribution in [0.4, 0.5) is 0 Å². The van der Waals surface area contributed by atoms with Gasteiger partial charge in [-0.1, -0.05) is 30.3 Å². The summed E-state index contributed by atoms with van der Waals surface area (Å²) in [6.07, 6.45) is -0.690. The van der Waals surface area contributed by atoms with Crippen LogP contribution < -0.4 is 0 Å². The fourth-order valence-electron chi connectivity index (χ4n) is 2.17. The van der Waals surface area contributed by atoms with E-state index in [1.165, 1.54) is 4.90 Å². The minimum absolute atomic E-state index is 0.0203. The molecule has 6 nitrogen and oxygen atoms in total. The molecule has 2 atom stereocenters. The zero-order valence-corrected chi connectivity index (χ0v) is 11.9. The first-order valence-corrected chi connectivity index (χ1v) is 6.86. The third kappa shape index (κ3) is 4.03. The maximum absolute atomic E-state index is 12.3. The quantitative estimate of drug-likeness (QED) is 0.873. The number of nitrogens with zero attached hydrogens (tertiary/aromatic N) is 1. The van der Waals surface area contributed by atoms with Crippen LogP contribution in [0, 0.1) is 0 Å². The minimum atomic E-state index is -1.06. The first-order chi connectivity index (χ1) is 10.1. The molecule has 2 rings (SSSR count). The normalized spacial score (nSPS) is 20.0. The highest BCUT2D eigenvalue weighted by atomic mass is 16.5. The highest BCUT2D eigenvalue weighted by molar-refractivity contribution is 5.86. The van der Waals surface area contributed by atoms with E-state index >= 15 is 0 Å². The summed E-state index contributed by atoms with van der Waals surface area (Å²) in [6, 6.07) is 8.58. The highest BCUT2D eigenvalue weighted by Crippen LogP contribution is 2.12. The molecule has 0 unspecified atom stereocenters. The second kappa shape index (κ2) is 7.19. The largest absolute Gasteiger partial charge is 0.480 e. The number of aliphatic carboxylic acids is 1. The number of morpholine rings is 1. The summed E-state index contributed by atoms with van der Waals surface area (Å²) >= 11 is 0. The van der Waals surface area contributed by atoms with Gasteiger partial charge in [0.2, 0.25) is 0 Å².